The molecule has 1 aromatic carbocycles. The number of carbonyl (C=O) groups is 2. The van der Waals surface area contributed by atoms with Crippen molar-refractivity contribution < 1.29 is 19.4 Å². The van der Waals surface area contributed by atoms with Crippen LogP contribution >= 0.6 is 0 Å². The van der Waals surface area contributed by atoms with E-state index in [0.29, 0.717) is 18.1 Å². The molecule has 5 heteroatoms. The fourth-order valence-corrected chi connectivity index (χ4v) is 4.56. The maximum absolute atomic E-state index is 12.4. The number of hydrogen-bond donors (Lipinski definition) is 1. The molecule has 1 saturated heterocycles. The summed E-state index contributed by atoms with van der Waals surface area (Å²) in [5.74, 6) is 1.36. The van der Waals surface area contributed by atoms with Gasteiger partial charge in [0.15, 0.2) is 0 Å². The van der Waals surface area contributed by atoms with Gasteiger partial charge in [-0.2, -0.15) is 0 Å². The Morgan fingerprint density at radius 1 is 1.07 bits per heavy atom. The van der Waals surface area contributed by atoms with Crippen LogP contribution in [-0.2, 0) is 16.0 Å². The maximum Gasteiger partial charge on any atom is 0.314 e. The number of piperidine rings is 1. The molecule has 29 heavy (non-hydrogen) atoms. The Labute approximate surface area is 174 Å². The summed E-state index contributed by atoms with van der Waals surface area (Å²) in [7, 11) is 0. The zero-order chi connectivity index (χ0) is 20.5. The number of benzene rings is 1. The van der Waals surface area contributed by atoms with E-state index in [1.54, 1.807) is 0 Å². The Kier molecular flexibility index (Phi) is 8.53. The van der Waals surface area contributed by atoms with Gasteiger partial charge in [0.1, 0.15) is 5.75 Å². The van der Waals surface area contributed by atoms with E-state index in [-0.39, 0.29) is 24.4 Å². The first-order chi connectivity index (χ1) is 14.2. The highest BCUT2D eigenvalue weighted by molar-refractivity contribution is 5.76. The average molecular weight is 402 g/mol. The number of carbonyl (C=O) groups excluding carboxylic acids is 2. The molecule has 5 nitrogen and oxygen atoms in total. The van der Waals surface area contributed by atoms with Gasteiger partial charge in [-0.15, -0.1) is 0 Å². The van der Waals surface area contributed by atoms with Crippen molar-refractivity contribution >= 4 is 11.9 Å². The van der Waals surface area contributed by atoms with Crippen molar-refractivity contribution in [2.45, 2.75) is 70.6 Å². The summed E-state index contributed by atoms with van der Waals surface area (Å²) in [5, 5.41) is 9.04. The van der Waals surface area contributed by atoms with E-state index in [1.165, 1.54) is 6.42 Å². The lowest BCUT2D eigenvalue weighted by molar-refractivity contribution is -0.140. The van der Waals surface area contributed by atoms with Gasteiger partial charge in [0.25, 0.3) is 0 Å². The van der Waals surface area contributed by atoms with Crippen molar-refractivity contribution in [1.29, 1.82) is 0 Å². The van der Waals surface area contributed by atoms with Crippen LogP contribution < -0.4 is 4.74 Å². The summed E-state index contributed by atoms with van der Waals surface area (Å²) >= 11 is 0. The van der Waals surface area contributed by atoms with Gasteiger partial charge >= 0.3 is 5.97 Å². The van der Waals surface area contributed by atoms with E-state index in [4.69, 9.17) is 9.84 Å². The molecule has 1 saturated carbocycles. The van der Waals surface area contributed by atoms with Crippen LogP contribution in [0.15, 0.2) is 24.3 Å². The van der Waals surface area contributed by atoms with Crippen molar-refractivity contribution in [3.05, 3.63) is 29.8 Å². The van der Waals surface area contributed by atoms with Crippen molar-refractivity contribution in [1.82, 2.24) is 4.90 Å². The van der Waals surface area contributed by atoms with Gasteiger partial charge in [-0.25, -0.2) is 0 Å². The Morgan fingerprint density at radius 2 is 1.83 bits per heavy atom. The summed E-state index contributed by atoms with van der Waals surface area (Å²) in [6.07, 6.45) is 10.4. The molecule has 1 amide bonds. The molecule has 1 aliphatic heterocycles. The summed E-state index contributed by atoms with van der Waals surface area (Å²) in [5.41, 5.74) is 1.10. The van der Waals surface area contributed by atoms with Gasteiger partial charge in [-0.3, -0.25) is 9.59 Å². The molecule has 1 aromatic rings. The van der Waals surface area contributed by atoms with Crippen molar-refractivity contribution in [2.24, 2.45) is 11.8 Å². The Bertz CT molecular complexity index is 661. The van der Waals surface area contributed by atoms with Gasteiger partial charge < -0.3 is 14.7 Å². The average Bonchev–Trinajstić information content (AvgIpc) is 2.75. The predicted molar refractivity (Wildman–Crippen MR) is 113 cm³/mol. The number of aliphatic hydroxyl groups is 1. The van der Waals surface area contributed by atoms with E-state index in [0.717, 1.165) is 76.4 Å². The third-order valence-electron chi connectivity index (χ3n) is 6.42. The minimum atomic E-state index is -0.0957. The van der Waals surface area contributed by atoms with Crippen LogP contribution in [0.2, 0.25) is 0 Å². The summed E-state index contributed by atoms with van der Waals surface area (Å²) < 4.78 is 5.62. The largest absolute Gasteiger partial charge is 0.426 e. The Hall–Kier alpha value is -1.88. The molecule has 1 N–H and O–H groups in total. The highest BCUT2D eigenvalue weighted by atomic mass is 16.5. The van der Waals surface area contributed by atoms with Crippen LogP contribution in [0.5, 0.6) is 5.75 Å². The lowest BCUT2D eigenvalue weighted by Crippen LogP contribution is -2.38. The van der Waals surface area contributed by atoms with E-state index in [9.17, 15) is 9.59 Å². The fraction of sp³-hybridized carbons (Fsp3) is 0.667. The Balaban J connectivity index is 1.40. The fourth-order valence-electron chi connectivity index (χ4n) is 4.56. The number of ether oxygens (including phenoxy) is 1. The first-order valence-corrected chi connectivity index (χ1v) is 11.3. The van der Waals surface area contributed by atoms with Gasteiger partial charge in [0.05, 0.1) is 5.92 Å². The third-order valence-corrected chi connectivity index (χ3v) is 6.42. The monoisotopic (exact) mass is 401 g/mol. The number of aryl methyl sites for hydroxylation is 1. The molecule has 0 bridgehead atoms. The minimum absolute atomic E-state index is 0.0477. The zero-order valence-electron chi connectivity index (χ0n) is 17.5. The molecule has 0 aromatic heterocycles. The van der Waals surface area contributed by atoms with E-state index in [2.05, 4.69) is 0 Å². The molecular weight excluding hydrogens is 366 g/mol. The van der Waals surface area contributed by atoms with Crippen molar-refractivity contribution in [3.63, 3.8) is 0 Å². The topological polar surface area (TPSA) is 66.8 Å². The zero-order valence-corrected chi connectivity index (χ0v) is 17.5. The van der Waals surface area contributed by atoms with Gasteiger partial charge in [-0.05, 0) is 68.6 Å². The third kappa shape index (κ3) is 6.84. The molecule has 0 atom stereocenters. The van der Waals surface area contributed by atoms with E-state index < -0.39 is 0 Å². The number of rotatable bonds is 8. The number of likely N-dealkylation sites (tertiary alicyclic amines) is 1. The van der Waals surface area contributed by atoms with Crippen LogP contribution in [0, 0.1) is 11.8 Å². The molecule has 2 fully saturated rings. The SMILES string of the molecule is O=C(Oc1cccc(CCCC(=O)N2CCC(CCO)CC2)c1)C1CCCCC1. The molecule has 1 heterocycles. The van der Waals surface area contributed by atoms with Crippen LogP contribution in [0.1, 0.15) is 69.8 Å². The van der Waals surface area contributed by atoms with E-state index in [1.807, 2.05) is 29.2 Å². The minimum Gasteiger partial charge on any atom is -0.426 e. The molecule has 0 radical (unpaired) electrons. The van der Waals surface area contributed by atoms with Crippen molar-refractivity contribution in [3.8, 4) is 5.75 Å². The highest BCUT2D eigenvalue weighted by Gasteiger charge is 2.23. The molecule has 1 aliphatic carbocycles. The van der Waals surface area contributed by atoms with Gasteiger partial charge in [-0.1, -0.05) is 31.4 Å². The summed E-state index contributed by atoms with van der Waals surface area (Å²) in [6, 6.07) is 7.73. The lowest BCUT2D eigenvalue weighted by atomic mass is 9.89. The predicted octanol–water partition coefficient (Wildman–Crippen LogP) is 4.12. The number of nitrogens with zero attached hydrogens (tertiary/aromatic N) is 1. The first kappa shape index (κ1) is 21.8. The number of hydrogen-bond acceptors (Lipinski definition) is 4. The second kappa shape index (κ2) is 11.3. The van der Waals surface area contributed by atoms with Gasteiger partial charge in [0, 0.05) is 26.1 Å². The first-order valence-electron chi connectivity index (χ1n) is 11.3. The number of amides is 1. The standard InChI is InChI=1S/C24H35NO4/c26-17-14-19-12-15-25(16-13-19)23(27)11-5-7-20-6-4-10-22(18-20)29-24(28)21-8-2-1-3-9-21/h4,6,10,18-19,21,26H,1-3,5,7-9,11-17H2. The van der Waals surface area contributed by atoms with Crippen LogP contribution in [0.25, 0.3) is 0 Å². The highest BCUT2D eigenvalue weighted by Crippen LogP contribution is 2.26. The summed E-state index contributed by atoms with van der Waals surface area (Å²) in [6.45, 7) is 1.87. The quantitative estimate of drug-likeness (QED) is 0.526. The number of aliphatic hydroxyl groups excluding tert-OH is 1. The van der Waals surface area contributed by atoms with Crippen LogP contribution in [-0.4, -0.2) is 41.6 Å². The second-order valence-electron chi connectivity index (χ2n) is 8.59. The van der Waals surface area contributed by atoms with Crippen LogP contribution in [0.3, 0.4) is 0 Å². The van der Waals surface area contributed by atoms with Crippen LogP contribution in [0.4, 0.5) is 0 Å². The second-order valence-corrected chi connectivity index (χ2v) is 8.59. The molecule has 0 spiro atoms. The molecule has 2 aliphatic rings. The maximum atomic E-state index is 12.4. The lowest BCUT2D eigenvalue weighted by Gasteiger charge is -2.31. The summed E-state index contributed by atoms with van der Waals surface area (Å²) in [4.78, 5) is 26.8. The van der Waals surface area contributed by atoms with Gasteiger partial charge in [0.2, 0.25) is 5.91 Å². The van der Waals surface area contributed by atoms with Crippen molar-refractivity contribution in [2.75, 3.05) is 19.7 Å². The molecule has 0 unspecified atom stereocenters. The van der Waals surface area contributed by atoms with E-state index >= 15 is 0 Å². The normalized spacial score (nSPS) is 18.6. The smallest absolute Gasteiger partial charge is 0.314 e. The molecule has 160 valence electrons. The number of esters is 1. The Morgan fingerprint density at radius 3 is 2.55 bits per heavy atom. The molecular formula is C24H35NO4. The molecule has 3 rings (SSSR count).